The van der Waals surface area contributed by atoms with Gasteiger partial charge in [-0.15, -0.1) is 12.4 Å². The highest BCUT2D eigenvalue weighted by molar-refractivity contribution is 7.89. The molecule has 0 bridgehead atoms. The molecule has 7 heteroatoms. The second-order valence-corrected chi connectivity index (χ2v) is 7.50. The van der Waals surface area contributed by atoms with E-state index in [9.17, 15) is 8.42 Å². The molecule has 2 N–H and O–H groups in total. The van der Waals surface area contributed by atoms with Gasteiger partial charge in [-0.1, -0.05) is 0 Å². The summed E-state index contributed by atoms with van der Waals surface area (Å²) in [7, 11) is -1.89. The minimum atomic E-state index is -3.49. The molecule has 1 saturated heterocycles. The zero-order chi connectivity index (χ0) is 15.6. The Hall–Kier alpha value is -0.820. The molecule has 1 aromatic carbocycles. The quantitative estimate of drug-likeness (QED) is 0.875. The highest BCUT2D eigenvalue weighted by Crippen LogP contribution is 2.26. The first-order chi connectivity index (χ1) is 9.83. The molecule has 0 radical (unpaired) electrons. The summed E-state index contributed by atoms with van der Waals surface area (Å²) in [5.74, 6) is 0.740. The number of benzene rings is 1. The van der Waals surface area contributed by atoms with E-state index < -0.39 is 10.0 Å². The maximum Gasteiger partial charge on any atom is 0.240 e. The third-order valence-electron chi connectivity index (χ3n) is 3.89. The zero-order valence-electron chi connectivity index (χ0n) is 13.5. The number of hydrogen-bond acceptors (Lipinski definition) is 4. The fraction of sp³-hybridized carbons (Fsp3) is 0.600. The van der Waals surface area contributed by atoms with Gasteiger partial charge in [-0.2, -0.15) is 0 Å². The average Bonchev–Trinajstić information content (AvgIpc) is 2.37. The van der Waals surface area contributed by atoms with Gasteiger partial charge < -0.3 is 10.1 Å². The summed E-state index contributed by atoms with van der Waals surface area (Å²) < 4.78 is 33.2. The van der Waals surface area contributed by atoms with E-state index in [1.54, 1.807) is 19.2 Å². The zero-order valence-corrected chi connectivity index (χ0v) is 15.1. The van der Waals surface area contributed by atoms with Crippen molar-refractivity contribution < 1.29 is 13.2 Å². The van der Waals surface area contributed by atoms with Gasteiger partial charge in [0.05, 0.1) is 12.0 Å². The van der Waals surface area contributed by atoms with E-state index in [1.807, 2.05) is 13.8 Å². The van der Waals surface area contributed by atoms with Crippen LogP contribution in [0.1, 0.15) is 30.9 Å². The Labute approximate surface area is 139 Å². The maximum atomic E-state index is 12.5. The third-order valence-corrected chi connectivity index (χ3v) is 5.39. The molecule has 0 saturated carbocycles. The van der Waals surface area contributed by atoms with Crippen molar-refractivity contribution in [3.63, 3.8) is 0 Å². The predicted molar refractivity (Wildman–Crippen MR) is 90.5 cm³/mol. The van der Waals surface area contributed by atoms with Crippen molar-refractivity contribution >= 4 is 22.4 Å². The van der Waals surface area contributed by atoms with Crippen LogP contribution in [0.15, 0.2) is 17.0 Å². The summed E-state index contributed by atoms with van der Waals surface area (Å²) in [6.07, 6.45) is 1.63. The molecule has 1 aliphatic heterocycles. The molecule has 22 heavy (non-hydrogen) atoms. The lowest BCUT2D eigenvalue weighted by Crippen LogP contribution is -2.46. The molecule has 1 aliphatic rings. The SMILES string of the molecule is COc1c(C)cc(S(=O)(=O)NC2CCNC(C)C2)cc1C.Cl. The van der Waals surface area contributed by atoms with Crippen molar-refractivity contribution in [2.75, 3.05) is 13.7 Å². The van der Waals surface area contributed by atoms with Crippen LogP contribution in [0.25, 0.3) is 0 Å². The van der Waals surface area contributed by atoms with E-state index in [0.29, 0.717) is 10.9 Å². The van der Waals surface area contributed by atoms with Crippen LogP contribution in [0, 0.1) is 13.8 Å². The first kappa shape index (κ1) is 19.2. The molecule has 0 amide bonds. The lowest BCUT2D eigenvalue weighted by molar-refractivity contribution is 0.361. The summed E-state index contributed by atoms with van der Waals surface area (Å²) in [5.41, 5.74) is 1.66. The Morgan fingerprint density at radius 1 is 1.27 bits per heavy atom. The third kappa shape index (κ3) is 4.35. The van der Waals surface area contributed by atoms with Crippen LogP contribution < -0.4 is 14.8 Å². The summed E-state index contributed by atoms with van der Waals surface area (Å²) in [4.78, 5) is 0.310. The van der Waals surface area contributed by atoms with Crippen LogP contribution in [-0.2, 0) is 10.0 Å². The molecule has 5 nitrogen and oxygen atoms in total. The van der Waals surface area contributed by atoms with Crippen LogP contribution in [0.4, 0.5) is 0 Å². The Balaban J connectivity index is 0.00000242. The van der Waals surface area contributed by atoms with Crippen molar-refractivity contribution in [2.24, 2.45) is 0 Å². The first-order valence-corrected chi connectivity index (χ1v) is 8.72. The van der Waals surface area contributed by atoms with Gasteiger partial charge in [0.25, 0.3) is 0 Å². The van der Waals surface area contributed by atoms with Crippen LogP contribution in [0.3, 0.4) is 0 Å². The normalized spacial score (nSPS) is 22.0. The van der Waals surface area contributed by atoms with Crippen LogP contribution in [-0.4, -0.2) is 34.2 Å². The highest BCUT2D eigenvalue weighted by Gasteiger charge is 2.25. The van der Waals surface area contributed by atoms with Gasteiger partial charge in [0.15, 0.2) is 0 Å². The number of halogens is 1. The fourth-order valence-electron chi connectivity index (χ4n) is 2.91. The monoisotopic (exact) mass is 348 g/mol. The van der Waals surface area contributed by atoms with Crippen molar-refractivity contribution in [1.82, 2.24) is 10.0 Å². The minimum Gasteiger partial charge on any atom is -0.496 e. The second-order valence-electron chi connectivity index (χ2n) is 5.79. The van der Waals surface area contributed by atoms with Gasteiger partial charge in [-0.25, -0.2) is 13.1 Å². The van der Waals surface area contributed by atoms with Gasteiger partial charge in [0.1, 0.15) is 5.75 Å². The van der Waals surface area contributed by atoms with Crippen LogP contribution in [0.2, 0.25) is 0 Å². The number of hydrogen-bond donors (Lipinski definition) is 2. The number of rotatable bonds is 4. The van der Waals surface area contributed by atoms with E-state index in [2.05, 4.69) is 17.0 Å². The largest absolute Gasteiger partial charge is 0.496 e. The highest BCUT2D eigenvalue weighted by atomic mass is 35.5. The smallest absolute Gasteiger partial charge is 0.240 e. The van der Waals surface area contributed by atoms with E-state index in [4.69, 9.17) is 4.74 Å². The van der Waals surface area contributed by atoms with Gasteiger partial charge in [-0.05, 0) is 63.4 Å². The Bertz CT molecular complexity index is 596. The molecule has 2 atom stereocenters. The number of aryl methyl sites for hydroxylation is 2. The second kappa shape index (κ2) is 7.64. The van der Waals surface area contributed by atoms with Gasteiger partial charge in [0, 0.05) is 12.1 Å². The standard InChI is InChI=1S/C15H24N2O3S.ClH/c1-10-7-14(8-11(2)15(10)20-4)21(18,19)17-13-5-6-16-12(3)9-13;/h7-8,12-13,16-17H,5-6,9H2,1-4H3;1H. The van der Waals surface area contributed by atoms with Gasteiger partial charge >= 0.3 is 0 Å². The predicted octanol–water partition coefficient (Wildman–Crippen LogP) is 2.15. The summed E-state index contributed by atoms with van der Waals surface area (Å²) >= 11 is 0. The Morgan fingerprint density at radius 2 is 1.86 bits per heavy atom. The van der Waals surface area contributed by atoms with Gasteiger partial charge in [-0.3, -0.25) is 0 Å². The summed E-state index contributed by atoms with van der Waals surface area (Å²) in [5, 5.41) is 3.32. The minimum absolute atomic E-state index is 0. The van der Waals surface area contributed by atoms with E-state index in [1.165, 1.54) is 0 Å². The fourth-order valence-corrected chi connectivity index (χ4v) is 4.37. The Kier molecular flexibility index (Phi) is 6.67. The number of piperidine rings is 1. The van der Waals surface area contributed by atoms with Crippen LogP contribution in [0.5, 0.6) is 5.75 Å². The van der Waals surface area contributed by atoms with Crippen molar-refractivity contribution in [2.45, 2.75) is 50.6 Å². The molecule has 2 unspecified atom stereocenters. The lowest BCUT2D eigenvalue weighted by atomic mass is 10.0. The molecule has 2 rings (SSSR count). The van der Waals surface area contributed by atoms with E-state index in [0.717, 1.165) is 36.3 Å². The molecule has 1 fully saturated rings. The topological polar surface area (TPSA) is 67.4 Å². The van der Waals surface area contributed by atoms with Crippen molar-refractivity contribution in [3.8, 4) is 5.75 Å². The molecular formula is C15H25ClN2O3S. The maximum absolute atomic E-state index is 12.5. The molecule has 1 heterocycles. The van der Waals surface area contributed by atoms with Gasteiger partial charge in [0.2, 0.25) is 10.0 Å². The number of ether oxygens (including phenoxy) is 1. The molecule has 126 valence electrons. The van der Waals surface area contributed by atoms with Crippen molar-refractivity contribution in [3.05, 3.63) is 23.3 Å². The summed E-state index contributed by atoms with van der Waals surface area (Å²) in [6.45, 7) is 6.63. The number of nitrogens with one attached hydrogen (secondary N) is 2. The number of sulfonamides is 1. The van der Waals surface area contributed by atoms with E-state index in [-0.39, 0.29) is 18.4 Å². The van der Waals surface area contributed by atoms with Crippen molar-refractivity contribution in [1.29, 1.82) is 0 Å². The summed E-state index contributed by atoms with van der Waals surface area (Å²) in [6, 6.07) is 3.66. The average molecular weight is 349 g/mol. The lowest BCUT2D eigenvalue weighted by Gasteiger charge is -2.28. The molecule has 1 aromatic rings. The van der Waals surface area contributed by atoms with E-state index >= 15 is 0 Å². The molecule has 0 aliphatic carbocycles. The van der Waals surface area contributed by atoms with Crippen LogP contribution >= 0.6 is 12.4 Å². The molecule has 0 spiro atoms. The first-order valence-electron chi connectivity index (χ1n) is 7.24. The Morgan fingerprint density at radius 3 is 2.36 bits per heavy atom. The molecule has 0 aromatic heterocycles. The number of methoxy groups -OCH3 is 1. The molecular weight excluding hydrogens is 324 g/mol.